The standard InChI is InChI=1S/C28H31ClO2/c1-27(2,3)22-16-20(17-23(26(22)31)28(4,5)6)24(18-11-8-7-9-12-18)25(30)19-13-10-14-21(29)15-19/h7-17,24,31H,1-6H3. The molecule has 3 rings (SSSR count). The van der Waals surface area contributed by atoms with Gasteiger partial charge in [0.25, 0.3) is 0 Å². The van der Waals surface area contributed by atoms with Crippen LogP contribution in [0.25, 0.3) is 0 Å². The molecule has 2 nitrogen and oxygen atoms in total. The largest absolute Gasteiger partial charge is 0.507 e. The molecule has 0 aliphatic carbocycles. The minimum Gasteiger partial charge on any atom is -0.507 e. The van der Waals surface area contributed by atoms with Gasteiger partial charge in [0.2, 0.25) is 0 Å². The third kappa shape index (κ3) is 5.02. The van der Waals surface area contributed by atoms with Gasteiger partial charge in [-0.3, -0.25) is 4.79 Å². The fraction of sp³-hybridized carbons (Fsp3) is 0.321. The molecule has 1 N–H and O–H groups in total. The number of rotatable bonds is 4. The molecule has 0 radical (unpaired) electrons. The first-order chi connectivity index (χ1) is 14.4. The normalized spacial score (nSPS) is 13.1. The summed E-state index contributed by atoms with van der Waals surface area (Å²) in [6, 6.07) is 20.9. The van der Waals surface area contributed by atoms with Crippen molar-refractivity contribution >= 4 is 17.4 Å². The smallest absolute Gasteiger partial charge is 0.174 e. The molecule has 3 heteroatoms. The number of benzene rings is 3. The molecule has 0 bridgehead atoms. The molecule has 0 spiro atoms. The molecule has 0 aliphatic rings. The Hall–Kier alpha value is -2.58. The molecule has 0 aliphatic heterocycles. The second-order valence-corrected chi connectivity index (χ2v) is 10.6. The van der Waals surface area contributed by atoms with E-state index in [2.05, 4.69) is 41.5 Å². The van der Waals surface area contributed by atoms with E-state index in [1.165, 1.54) is 0 Å². The molecule has 0 aromatic heterocycles. The molecule has 1 atom stereocenters. The monoisotopic (exact) mass is 434 g/mol. The molecule has 3 aromatic rings. The van der Waals surface area contributed by atoms with Gasteiger partial charge < -0.3 is 5.11 Å². The molecular weight excluding hydrogens is 404 g/mol. The number of hydrogen-bond donors (Lipinski definition) is 1. The fourth-order valence-corrected chi connectivity index (χ4v) is 4.11. The van der Waals surface area contributed by atoms with Gasteiger partial charge in [-0.2, -0.15) is 0 Å². The Balaban J connectivity index is 2.30. The molecule has 0 fully saturated rings. The van der Waals surface area contributed by atoms with Crippen LogP contribution in [0.3, 0.4) is 0 Å². The summed E-state index contributed by atoms with van der Waals surface area (Å²) in [6.45, 7) is 12.5. The van der Waals surface area contributed by atoms with Crippen molar-refractivity contribution in [2.24, 2.45) is 0 Å². The third-order valence-electron chi connectivity index (χ3n) is 5.59. The maximum atomic E-state index is 13.8. The van der Waals surface area contributed by atoms with E-state index in [0.29, 0.717) is 16.3 Å². The van der Waals surface area contributed by atoms with Crippen LogP contribution in [-0.4, -0.2) is 10.9 Å². The fourth-order valence-electron chi connectivity index (χ4n) is 3.92. The molecule has 162 valence electrons. The highest BCUT2D eigenvalue weighted by atomic mass is 35.5. The number of Topliss-reactive ketones (excluding diaryl/α,β-unsaturated/α-hetero) is 1. The van der Waals surface area contributed by atoms with E-state index in [1.807, 2.05) is 42.5 Å². The van der Waals surface area contributed by atoms with Crippen molar-refractivity contribution in [2.45, 2.75) is 58.3 Å². The van der Waals surface area contributed by atoms with Crippen LogP contribution in [0.2, 0.25) is 5.02 Å². The van der Waals surface area contributed by atoms with Crippen molar-refractivity contribution in [3.8, 4) is 5.75 Å². The molecule has 0 amide bonds. The van der Waals surface area contributed by atoms with Gasteiger partial charge in [0, 0.05) is 10.6 Å². The van der Waals surface area contributed by atoms with Crippen molar-refractivity contribution in [2.75, 3.05) is 0 Å². The second kappa shape index (κ2) is 8.51. The van der Waals surface area contributed by atoms with Gasteiger partial charge in [0.1, 0.15) is 5.75 Å². The number of carbonyl (C=O) groups excluding carboxylic acids is 1. The van der Waals surface area contributed by atoms with Crippen LogP contribution in [0.5, 0.6) is 5.75 Å². The summed E-state index contributed by atoms with van der Waals surface area (Å²) in [6.07, 6.45) is 0. The van der Waals surface area contributed by atoms with Crippen LogP contribution in [0.1, 0.15) is 80.1 Å². The van der Waals surface area contributed by atoms with Crippen molar-refractivity contribution in [3.63, 3.8) is 0 Å². The lowest BCUT2D eigenvalue weighted by Crippen LogP contribution is -2.21. The predicted octanol–water partition coefficient (Wildman–Crippen LogP) is 7.66. The quantitative estimate of drug-likeness (QED) is 0.428. The molecule has 0 heterocycles. The zero-order chi connectivity index (χ0) is 23.0. The van der Waals surface area contributed by atoms with Gasteiger partial charge in [-0.1, -0.05) is 108 Å². The minimum atomic E-state index is -0.498. The van der Waals surface area contributed by atoms with Crippen LogP contribution in [0.15, 0.2) is 66.7 Å². The molecule has 31 heavy (non-hydrogen) atoms. The van der Waals surface area contributed by atoms with E-state index in [-0.39, 0.29) is 16.6 Å². The lowest BCUT2D eigenvalue weighted by atomic mass is 9.75. The zero-order valence-electron chi connectivity index (χ0n) is 19.2. The van der Waals surface area contributed by atoms with Crippen LogP contribution in [0, 0.1) is 0 Å². The Morgan fingerprint density at radius 1 is 0.774 bits per heavy atom. The highest BCUT2D eigenvalue weighted by Crippen LogP contribution is 2.42. The van der Waals surface area contributed by atoms with Crippen LogP contribution in [-0.2, 0) is 10.8 Å². The Morgan fingerprint density at radius 3 is 1.81 bits per heavy atom. The van der Waals surface area contributed by atoms with Crippen LogP contribution in [0.4, 0.5) is 0 Å². The highest BCUT2D eigenvalue weighted by Gasteiger charge is 2.31. The average Bonchev–Trinajstić information content (AvgIpc) is 2.68. The Morgan fingerprint density at radius 2 is 1.32 bits per heavy atom. The SMILES string of the molecule is CC(C)(C)c1cc(C(C(=O)c2cccc(Cl)c2)c2ccccc2)cc(C(C)(C)C)c1O. The lowest BCUT2D eigenvalue weighted by molar-refractivity contribution is 0.0973. The summed E-state index contributed by atoms with van der Waals surface area (Å²) >= 11 is 6.19. The van der Waals surface area contributed by atoms with Gasteiger partial charge in [0.15, 0.2) is 5.78 Å². The van der Waals surface area contributed by atoms with Crippen molar-refractivity contribution in [1.29, 1.82) is 0 Å². The summed E-state index contributed by atoms with van der Waals surface area (Å²) in [4.78, 5) is 13.8. The van der Waals surface area contributed by atoms with Crippen LogP contribution < -0.4 is 0 Å². The van der Waals surface area contributed by atoms with Crippen LogP contribution >= 0.6 is 11.6 Å². The van der Waals surface area contributed by atoms with E-state index < -0.39 is 5.92 Å². The number of phenolic OH excluding ortho intramolecular Hbond substituents is 1. The third-order valence-corrected chi connectivity index (χ3v) is 5.82. The van der Waals surface area contributed by atoms with Gasteiger partial charge >= 0.3 is 0 Å². The number of hydrogen-bond acceptors (Lipinski definition) is 2. The van der Waals surface area contributed by atoms with Crippen molar-refractivity contribution < 1.29 is 9.90 Å². The number of carbonyl (C=O) groups is 1. The predicted molar refractivity (Wildman–Crippen MR) is 130 cm³/mol. The van der Waals surface area contributed by atoms with E-state index in [0.717, 1.165) is 22.3 Å². The Kier molecular flexibility index (Phi) is 6.34. The topological polar surface area (TPSA) is 37.3 Å². The number of aromatic hydroxyl groups is 1. The lowest BCUT2D eigenvalue weighted by Gasteiger charge is -2.30. The first-order valence-corrected chi connectivity index (χ1v) is 11.0. The minimum absolute atomic E-state index is 0.0147. The van der Waals surface area contributed by atoms with Gasteiger partial charge in [0.05, 0.1) is 5.92 Å². The van der Waals surface area contributed by atoms with E-state index in [9.17, 15) is 9.90 Å². The average molecular weight is 435 g/mol. The molecular formula is C28H31ClO2. The van der Waals surface area contributed by atoms with Gasteiger partial charge in [-0.25, -0.2) is 0 Å². The molecule has 0 saturated carbocycles. The van der Waals surface area contributed by atoms with E-state index in [4.69, 9.17) is 11.6 Å². The molecule has 0 saturated heterocycles. The number of phenols is 1. The number of halogens is 1. The van der Waals surface area contributed by atoms with E-state index in [1.54, 1.807) is 24.3 Å². The molecule has 3 aromatic carbocycles. The summed E-state index contributed by atoms with van der Waals surface area (Å²) in [5, 5.41) is 11.7. The van der Waals surface area contributed by atoms with Crippen molar-refractivity contribution in [3.05, 3.63) is 99.6 Å². The summed E-state index contributed by atoms with van der Waals surface area (Å²) in [5.74, 6) is -0.202. The first kappa shape index (κ1) is 23.1. The van der Waals surface area contributed by atoms with Crippen molar-refractivity contribution in [1.82, 2.24) is 0 Å². The number of ketones is 1. The molecule has 1 unspecified atom stereocenters. The van der Waals surface area contributed by atoms with Gasteiger partial charge in [-0.15, -0.1) is 0 Å². The summed E-state index contributed by atoms with van der Waals surface area (Å²) in [5.41, 5.74) is 3.50. The van der Waals surface area contributed by atoms with Gasteiger partial charge in [-0.05, 0) is 45.2 Å². The maximum absolute atomic E-state index is 13.8. The highest BCUT2D eigenvalue weighted by molar-refractivity contribution is 6.31. The Bertz CT molecular complexity index is 1050. The summed E-state index contributed by atoms with van der Waals surface area (Å²) in [7, 11) is 0. The first-order valence-electron chi connectivity index (χ1n) is 10.6. The second-order valence-electron chi connectivity index (χ2n) is 10.2. The van der Waals surface area contributed by atoms with E-state index >= 15 is 0 Å². The Labute approximate surface area is 190 Å². The zero-order valence-corrected chi connectivity index (χ0v) is 19.9. The summed E-state index contributed by atoms with van der Waals surface area (Å²) < 4.78 is 0. The maximum Gasteiger partial charge on any atom is 0.174 e.